The van der Waals surface area contributed by atoms with Crippen molar-refractivity contribution in [2.45, 2.75) is 58.2 Å². The van der Waals surface area contributed by atoms with E-state index in [0.29, 0.717) is 37.6 Å². The first kappa shape index (κ1) is 20.4. The summed E-state index contributed by atoms with van der Waals surface area (Å²) in [7, 11) is 0. The van der Waals surface area contributed by atoms with Crippen molar-refractivity contribution in [2.24, 2.45) is 5.73 Å². The van der Waals surface area contributed by atoms with E-state index in [9.17, 15) is 4.79 Å². The van der Waals surface area contributed by atoms with Gasteiger partial charge in [0.25, 0.3) is 0 Å². The molecule has 4 N–H and O–H groups in total. The van der Waals surface area contributed by atoms with E-state index in [0.717, 1.165) is 47.9 Å². The van der Waals surface area contributed by atoms with Gasteiger partial charge in [-0.2, -0.15) is 0 Å². The molecule has 0 radical (unpaired) electrons. The van der Waals surface area contributed by atoms with Gasteiger partial charge in [0.15, 0.2) is 5.82 Å². The van der Waals surface area contributed by atoms with Gasteiger partial charge in [0, 0.05) is 31.1 Å². The number of anilines is 1. The molecule has 1 fully saturated rings. The Kier molecular flexibility index (Phi) is 6.03. The molecule has 0 spiro atoms. The molecule has 1 aliphatic carbocycles. The number of hydrogen-bond donors (Lipinski definition) is 2. The van der Waals surface area contributed by atoms with Crippen molar-refractivity contribution < 1.29 is 9.53 Å². The van der Waals surface area contributed by atoms with E-state index in [4.69, 9.17) is 21.2 Å². The van der Waals surface area contributed by atoms with Crippen molar-refractivity contribution >= 4 is 33.8 Å². The van der Waals surface area contributed by atoms with Crippen LogP contribution in [-0.4, -0.2) is 44.7 Å². The minimum Gasteiger partial charge on any atom is -0.382 e. The molecule has 30 heavy (non-hydrogen) atoms. The fourth-order valence-corrected chi connectivity index (χ4v) is 4.52. The summed E-state index contributed by atoms with van der Waals surface area (Å²) in [5, 5.41) is 0.986. The number of primary amides is 1. The van der Waals surface area contributed by atoms with Gasteiger partial charge < -0.3 is 25.7 Å². The number of nitrogens with two attached hydrogens (primary N) is 2. The maximum absolute atomic E-state index is 12.2. The molecule has 4 rings (SSSR count). The molecule has 8 nitrogen and oxygen atoms in total. The first-order chi connectivity index (χ1) is 14.6. The summed E-state index contributed by atoms with van der Waals surface area (Å²) >= 11 is 0. The monoisotopic (exact) mass is 410 g/mol. The molecule has 2 amide bonds. The molecule has 8 heteroatoms. The number of pyridine rings is 1. The van der Waals surface area contributed by atoms with E-state index in [1.54, 1.807) is 0 Å². The molecule has 0 unspecified atom stereocenters. The predicted octanol–water partition coefficient (Wildman–Crippen LogP) is 3.42. The van der Waals surface area contributed by atoms with E-state index in [2.05, 4.69) is 9.55 Å². The van der Waals surface area contributed by atoms with E-state index >= 15 is 0 Å². The molecular formula is C22H30N6O2. The Bertz CT molecular complexity index is 1040. The molecule has 1 aliphatic rings. The fraction of sp³-hybridized carbons (Fsp3) is 0.500. The average molecular weight is 411 g/mol. The highest BCUT2D eigenvalue weighted by molar-refractivity contribution is 6.06. The zero-order valence-electron chi connectivity index (χ0n) is 17.5. The second kappa shape index (κ2) is 8.87. The number of rotatable bonds is 7. The molecule has 1 saturated carbocycles. The number of carbonyl (C=O) groups excluding carboxylic acids is 1. The molecular weight excluding hydrogens is 380 g/mol. The number of para-hydroxylation sites is 1. The Morgan fingerprint density at radius 1 is 1.23 bits per heavy atom. The number of benzene rings is 1. The number of hydrogen-bond acceptors (Lipinski definition) is 5. The number of carbonyl (C=O) groups is 1. The van der Waals surface area contributed by atoms with Gasteiger partial charge in [-0.25, -0.2) is 14.8 Å². The number of amides is 2. The van der Waals surface area contributed by atoms with Crippen LogP contribution >= 0.6 is 0 Å². The largest absolute Gasteiger partial charge is 0.382 e. The maximum atomic E-state index is 12.2. The Labute approximate surface area is 176 Å². The summed E-state index contributed by atoms with van der Waals surface area (Å²) < 4.78 is 7.78. The molecule has 0 aliphatic heterocycles. The quantitative estimate of drug-likeness (QED) is 0.620. The van der Waals surface area contributed by atoms with Crippen LogP contribution in [0, 0.1) is 0 Å². The topological polar surface area (TPSA) is 112 Å². The minimum absolute atomic E-state index is 0.213. The van der Waals surface area contributed by atoms with Crippen molar-refractivity contribution in [2.75, 3.05) is 18.9 Å². The van der Waals surface area contributed by atoms with Crippen molar-refractivity contribution in [1.82, 2.24) is 19.4 Å². The molecule has 0 bridgehead atoms. The Morgan fingerprint density at radius 2 is 2.00 bits per heavy atom. The molecule has 0 saturated heterocycles. The van der Waals surface area contributed by atoms with Crippen LogP contribution in [0.1, 0.15) is 44.9 Å². The predicted molar refractivity (Wildman–Crippen MR) is 118 cm³/mol. The highest BCUT2D eigenvalue weighted by Gasteiger charge is 2.25. The number of nitrogen functional groups attached to an aromatic ring is 1. The van der Waals surface area contributed by atoms with E-state index < -0.39 is 0 Å². The van der Waals surface area contributed by atoms with Gasteiger partial charge >= 0.3 is 6.03 Å². The smallest absolute Gasteiger partial charge is 0.315 e. The summed E-state index contributed by atoms with van der Waals surface area (Å²) in [6.07, 6.45) is 5.54. The number of fused-ring (bicyclic) bond motifs is 3. The first-order valence-corrected chi connectivity index (χ1v) is 10.8. The van der Waals surface area contributed by atoms with Gasteiger partial charge in [-0.1, -0.05) is 37.5 Å². The highest BCUT2D eigenvalue weighted by atomic mass is 16.5. The maximum Gasteiger partial charge on any atom is 0.315 e. The molecule has 1 aromatic carbocycles. The van der Waals surface area contributed by atoms with Gasteiger partial charge in [0.1, 0.15) is 17.9 Å². The molecule has 160 valence electrons. The number of nitrogens with zero attached hydrogens (tertiary/aromatic N) is 4. The standard InChI is InChI=1S/C22H30N6O2/c1-2-30-14-18-26-19-20(16-10-6-7-11-17(16)25-21(19)23)28(18)13-12-27(22(24)29)15-8-4-3-5-9-15/h6-7,10-11,15H,2-5,8-9,12-14H2,1H3,(H2,23,25)(H2,24,29). The molecule has 2 aromatic heterocycles. The second-order valence-electron chi connectivity index (χ2n) is 7.85. The lowest BCUT2D eigenvalue weighted by atomic mass is 9.94. The zero-order valence-corrected chi connectivity index (χ0v) is 17.5. The summed E-state index contributed by atoms with van der Waals surface area (Å²) in [6.45, 7) is 4.02. The number of aromatic nitrogens is 3. The van der Waals surface area contributed by atoms with Crippen LogP contribution in [0.4, 0.5) is 10.6 Å². The third-order valence-corrected chi connectivity index (χ3v) is 5.99. The lowest BCUT2D eigenvalue weighted by molar-refractivity contribution is 0.124. The third-order valence-electron chi connectivity index (χ3n) is 5.99. The van der Waals surface area contributed by atoms with Gasteiger partial charge in [-0.3, -0.25) is 0 Å². The van der Waals surface area contributed by atoms with Crippen molar-refractivity contribution in [1.29, 1.82) is 0 Å². The van der Waals surface area contributed by atoms with E-state index in [-0.39, 0.29) is 12.1 Å². The lowest BCUT2D eigenvalue weighted by Crippen LogP contribution is -2.46. The van der Waals surface area contributed by atoms with Crippen LogP contribution in [0.2, 0.25) is 0 Å². The van der Waals surface area contributed by atoms with Crippen molar-refractivity contribution in [3.8, 4) is 0 Å². The first-order valence-electron chi connectivity index (χ1n) is 10.8. The van der Waals surface area contributed by atoms with E-state index in [1.165, 1.54) is 6.42 Å². The number of urea groups is 1. The fourth-order valence-electron chi connectivity index (χ4n) is 4.52. The Balaban J connectivity index is 1.74. The van der Waals surface area contributed by atoms with Crippen molar-refractivity contribution in [3.05, 3.63) is 30.1 Å². The van der Waals surface area contributed by atoms with E-state index in [1.807, 2.05) is 36.1 Å². The van der Waals surface area contributed by atoms with Crippen LogP contribution in [0.3, 0.4) is 0 Å². The SMILES string of the molecule is CCOCc1nc2c(N)nc3ccccc3c2n1CCN(C(N)=O)C1CCCCC1. The van der Waals surface area contributed by atoms with Crippen LogP contribution < -0.4 is 11.5 Å². The molecule has 3 aromatic rings. The molecule has 0 atom stereocenters. The Morgan fingerprint density at radius 3 is 2.73 bits per heavy atom. The normalized spacial score (nSPS) is 15.1. The van der Waals surface area contributed by atoms with Crippen molar-refractivity contribution in [3.63, 3.8) is 0 Å². The second-order valence-corrected chi connectivity index (χ2v) is 7.85. The van der Waals surface area contributed by atoms with Gasteiger partial charge in [-0.05, 0) is 25.8 Å². The summed E-state index contributed by atoms with van der Waals surface area (Å²) in [6, 6.07) is 7.76. The Hall–Kier alpha value is -2.87. The van der Waals surface area contributed by atoms with Crippen LogP contribution in [-0.2, 0) is 17.9 Å². The van der Waals surface area contributed by atoms with Gasteiger partial charge in [0.05, 0.1) is 11.0 Å². The minimum atomic E-state index is -0.358. The van der Waals surface area contributed by atoms with Crippen LogP contribution in [0.5, 0.6) is 0 Å². The summed E-state index contributed by atoms with van der Waals surface area (Å²) in [5.74, 6) is 1.18. The third kappa shape index (κ3) is 3.92. The van der Waals surface area contributed by atoms with Gasteiger partial charge in [0.2, 0.25) is 0 Å². The average Bonchev–Trinajstić information content (AvgIpc) is 3.12. The van der Waals surface area contributed by atoms with Crippen LogP contribution in [0.15, 0.2) is 24.3 Å². The summed E-state index contributed by atoms with van der Waals surface area (Å²) in [4.78, 5) is 23.3. The van der Waals surface area contributed by atoms with Gasteiger partial charge in [-0.15, -0.1) is 0 Å². The zero-order chi connectivity index (χ0) is 21.1. The summed E-state index contributed by atoms with van der Waals surface area (Å²) in [5.41, 5.74) is 14.4. The highest BCUT2D eigenvalue weighted by Crippen LogP contribution is 2.29. The van der Waals surface area contributed by atoms with Crippen LogP contribution in [0.25, 0.3) is 21.9 Å². The lowest BCUT2D eigenvalue weighted by Gasteiger charge is -2.33. The number of imidazole rings is 1. The molecule has 2 heterocycles. The number of ether oxygens (including phenoxy) is 1.